The van der Waals surface area contributed by atoms with E-state index >= 15 is 0 Å². The monoisotopic (exact) mass is 291 g/mol. The highest BCUT2D eigenvalue weighted by Gasteiger charge is 2.21. The molecule has 2 N–H and O–H groups in total. The van der Waals surface area contributed by atoms with Gasteiger partial charge in [-0.1, -0.05) is 13.8 Å². The van der Waals surface area contributed by atoms with E-state index in [-0.39, 0.29) is 6.04 Å². The van der Waals surface area contributed by atoms with Crippen molar-refractivity contribution in [3.8, 4) is 0 Å². The minimum Gasteiger partial charge on any atom is -0.338 e. The first-order valence-electron chi connectivity index (χ1n) is 8.19. The summed E-state index contributed by atoms with van der Waals surface area (Å²) in [6.45, 7) is 10.9. The summed E-state index contributed by atoms with van der Waals surface area (Å²) in [5, 5.41) is 0. The number of nitrogens with two attached hydrogens (primary N) is 1. The molecule has 2 unspecified atom stereocenters. The molecule has 1 fully saturated rings. The zero-order valence-electron chi connectivity index (χ0n) is 13.6. The molecule has 2 atom stereocenters. The van der Waals surface area contributed by atoms with E-state index in [9.17, 15) is 0 Å². The third-order valence-corrected chi connectivity index (χ3v) is 4.53. The average Bonchev–Trinajstić information content (AvgIpc) is 2.55. The van der Waals surface area contributed by atoms with Gasteiger partial charge in [0.25, 0.3) is 0 Å². The summed E-state index contributed by atoms with van der Waals surface area (Å²) >= 11 is 0. The maximum Gasteiger partial charge on any atom is 0.225 e. The molecule has 5 nitrogen and oxygen atoms in total. The summed E-state index contributed by atoms with van der Waals surface area (Å²) in [6.07, 6.45) is 6.92. The largest absolute Gasteiger partial charge is 0.338 e. The van der Waals surface area contributed by atoms with Gasteiger partial charge in [0.05, 0.1) is 0 Å². The summed E-state index contributed by atoms with van der Waals surface area (Å²) in [6, 6.07) is 0.879. The summed E-state index contributed by atoms with van der Waals surface area (Å²) in [5.41, 5.74) is 7.10. The van der Waals surface area contributed by atoms with Gasteiger partial charge in [0, 0.05) is 50.7 Å². The third kappa shape index (κ3) is 4.38. The van der Waals surface area contributed by atoms with E-state index < -0.39 is 0 Å². The van der Waals surface area contributed by atoms with Gasteiger partial charge >= 0.3 is 0 Å². The van der Waals surface area contributed by atoms with E-state index in [1.54, 1.807) is 0 Å². The highest BCUT2D eigenvalue weighted by atomic mass is 15.3. The first-order chi connectivity index (χ1) is 10.1. The predicted octanol–water partition coefficient (Wildman–Crippen LogP) is 1.68. The molecule has 2 rings (SSSR count). The fourth-order valence-corrected chi connectivity index (χ4v) is 2.68. The SMILES string of the molecule is CCC(N)Cc1cnc(N2CCN(C(C)CC)CC2)nc1. The van der Waals surface area contributed by atoms with Crippen LogP contribution in [0.15, 0.2) is 12.4 Å². The van der Waals surface area contributed by atoms with Gasteiger partial charge in [-0.25, -0.2) is 9.97 Å². The molecule has 0 spiro atoms. The van der Waals surface area contributed by atoms with Crippen molar-refractivity contribution in [3.63, 3.8) is 0 Å². The van der Waals surface area contributed by atoms with Crippen molar-refractivity contribution in [2.45, 2.75) is 52.1 Å². The van der Waals surface area contributed by atoms with Crippen molar-refractivity contribution >= 4 is 5.95 Å². The lowest BCUT2D eigenvalue weighted by Gasteiger charge is -2.37. The molecule has 1 aliphatic heterocycles. The van der Waals surface area contributed by atoms with E-state index in [0.717, 1.165) is 50.5 Å². The van der Waals surface area contributed by atoms with Crippen LogP contribution < -0.4 is 10.6 Å². The van der Waals surface area contributed by atoms with Gasteiger partial charge in [0.15, 0.2) is 0 Å². The topological polar surface area (TPSA) is 58.3 Å². The Bertz CT molecular complexity index is 411. The van der Waals surface area contributed by atoms with Crippen LogP contribution in [-0.2, 0) is 6.42 Å². The van der Waals surface area contributed by atoms with Crippen molar-refractivity contribution < 1.29 is 0 Å². The van der Waals surface area contributed by atoms with E-state index in [0.29, 0.717) is 6.04 Å². The van der Waals surface area contributed by atoms with Gasteiger partial charge in [0.1, 0.15) is 0 Å². The van der Waals surface area contributed by atoms with Gasteiger partial charge < -0.3 is 10.6 Å². The Balaban J connectivity index is 1.89. The van der Waals surface area contributed by atoms with Crippen molar-refractivity contribution in [2.75, 3.05) is 31.1 Å². The highest BCUT2D eigenvalue weighted by Crippen LogP contribution is 2.14. The molecule has 0 bridgehead atoms. The second-order valence-electron chi connectivity index (χ2n) is 6.04. The van der Waals surface area contributed by atoms with Crippen LogP contribution in [0.25, 0.3) is 0 Å². The highest BCUT2D eigenvalue weighted by molar-refractivity contribution is 5.30. The lowest BCUT2D eigenvalue weighted by atomic mass is 10.1. The Morgan fingerprint density at radius 3 is 2.24 bits per heavy atom. The van der Waals surface area contributed by atoms with E-state index in [1.165, 1.54) is 6.42 Å². The molecule has 0 aromatic carbocycles. The van der Waals surface area contributed by atoms with Crippen LogP contribution in [0, 0.1) is 0 Å². The third-order valence-electron chi connectivity index (χ3n) is 4.53. The van der Waals surface area contributed by atoms with Gasteiger partial charge in [-0.3, -0.25) is 4.90 Å². The Morgan fingerprint density at radius 2 is 1.71 bits per heavy atom. The molecule has 1 saturated heterocycles. The Labute approximate surface area is 128 Å². The predicted molar refractivity (Wildman–Crippen MR) is 87.5 cm³/mol. The summed E-state index contributed by atoms with van der Waals surface area (Å²) in [5.74, 6) is 0.854. The zero-order valence-corrected chi connectivity index (χ0v) is 13.6. The lowest BCUT2D eigenvalue weighted by Crippen LogP contribution is -2.50. The number of rotatable bonds is 6. The molecule has 1 aromatic heterocycles. The van der Waals surface area contributed by atoms with Crippen LogP contribution in [0.2, 0.25) is 0 Å². The van der Waals surface area contributed by atoms with Crippen LogP contribution in [0.1, 0.15) is 39.2 Å². The Hall–Kier alpha value is -1.20. The number of piperazine rings is 1. The van der Waals surface area contributed by atoms with Gasteiger partial charge in [0.2, 0.25) is 5.95 Å². The molecule has 1 aromatic rings. The summed E-state index contributed by atoms with van der Waals surface area (Å²) < 4.78 is 0. The number of nitrogens with zero attached hydrogens (tertiary/aromatic N) is 4. The fourth-order valence-electron chi connectivity index (χ4n) is 2.68. The number of anilines is 1. The first-order valence-corrected chi connectivity index (χ1v) is 8.19. The molecule has 118 valence electrons. The quantitative estimate of drug-likeness (QED) is 0.864. The molecular weight excluding hydrogens is 262 g/mol. The average molecular weight is 291 g/mol. The second-order valence-corrected chi connectivity index (χ2v) is 6.04. The van der Waals surface area contributed by atoms with Gasteiger partial charge in [-0.2, -0.15) is 0 Å². The molecule has 0 radical (unpaired) electrons. The first kappa shape index (κ1) is 16.2. The van der Waals surface area contributed by atoms with Crippen molar-refractivity contribution in [1.82, 2.24) is 14.9 Å². The van der Waals surface area contributed by atoms with Gasteiger partial charge in [-0.05, 0) is 31.7 Å². The molecule has 2 heterocycles. The fraction of sp³-hybridized carbons (Fsp3) is 0.750. The van der Waals surface area contributed by atoms with E-state index in [2.05, 4.69) is 40.5 Å². The molecule has 0 amide bonds. The number of hydrogen-bond acceptors (Lipinski definition) is 5. The summed E-state index contributed by atoms with van der Waals surface area (Å²) in [7, 11) is 0. The van der Waals surface area contributed by atoms with Crippen LogP contribution in [-0.4, -0.2) is 53.1 Å². The Morgan fingerprint density at radius 1 is 1.10 bits per heavy atom. The number of hydrogen-bond donors (Lipinski definition) is 1. The molecule has 1 aliphatic rings. The standard InChI is InChI=1S/C16H29N5/c1-4-13(3)20-6-8-21(9-7-20)16-18-11-14(12-19-16)10-15(17)5-2/h11-13,15H,4-10,17H2,1-3H3. The van der Waals surface area contributed by atoms with Crippen molar-refractivity contribution in [2.24, 2.45) is 5.73 Å². The molecule has 0 saturated carbocycles. The van der Waals surface area contributed by atoms with Crippen LogP contribution in [0.5, 0.6) is 0 Å². The molecular formula is C16H29N5. The summed E-state index contributed by atoms with van der Waals surface area (Å²) in [4.78, 5) is 13.9. The zero-order chi connectivity index (χ0) is 15.2. The molecule has 0 aliphatic carbocycles. The smallest absolute Gasteiger partial charge is 0.225 e. The van der Waals surface area contributed by atoms with E-state index in [1.807, 2.05) is 12.4 Å². The van der Waals surface area contributed by atoms with Crippen LogP contribution in [0.4, 0.5) is 5.95 Å². The van der Waals surface area contributed by atoms with Crippen LogP contribution in [0.3, 0.4) is 0 Å². The maximum absolute atomic E-state index is 5.97. The minimum absolute atomic E-state index is 0.207. The van der Waals surface area contributed by atoms with E-state index in [4.69, 9.17) is 5.73 Å². The van der Waals surface area contributed by atoms with Crippen molar-refractivity contribution in [1.29, 1.82) is 0 Å². The normalized spacial score (nSPS) is 19.5. The Kier molecular flexibility index (Phi) is 5.94. The maximum atomic E-state index is 5.97. The number of aromatic nitrogens is 2. The molecule has 21 heavy (non-hydrogen) atoms. The van der Waals surface area contributed by atoms with Gasteiger partial charge in [-0.15, -0.1) is 0 Å². The molecule has 5 heteroatoms. The minimum atomic E-state index is 0.207. The second kappa shape index (κ2) is 7.71. The van der Waals surface area contributed by atoms with Crippen LogP contribution >= 0.6 is 0 Å². The lowest BCUT2D eigenvalue weighted by molar-refractivity contribution is 0.192. The van der Waals surface area contributed by atoms with Crippen molar-refractivity contribution in [3.05, 3.63) is 18.0 Å².